The van der Waals surface area contributed by atoms with Gasteiger partial charge in [0.25, 0.3) is 0 Å². The Bertz CT molecular complexity index is 192. The molecule has 4 nitrogen and oxygen atoms in total. The molecule has 1 unspecified atom stereocenters. The van der Waals surface area contributed by atoms with Crippen LogP contribution in [-0.4, -0.2) is 48.1 Å². The van der Waals surface area contributed by atoms with Crippen LogP contribution in [-0.2, 0) is 4.74 Å². The van der Waals surface area contributed by atoms with Crippen LogP contribution in [0.25, 0.3) is 0 Å². The number of amides is 1. The first kappa shape index (κ1) is 11.2. The molecule has 0 spiro atoms. The third-order valence-corrected chi connectivity index (χ3v) is 2.24. The molecule has 1 aliphatic rings. The summed E-state index contributed by atoms with van der Waals surface area (Å²) in [6, 6.07) is 0. The van der Waals surface area contributed by atoms with E-state index in [2.05, 4.69) is 0 Å². The summed E-state index contributed by atoms with van der Waals surface area (Å²) in [7, 11) is 0. The van der Waals surface area contributed by atoms with Gasteiger partial charge in [-0.25, -0.2) is 9.18 Å². The van der Waals surface area contributed by atoms with E-state index < -0.39 is 18.9 Å². The van der Waals surface area contributed by atoms with Gasteiger partial charge in [0.2, 0.25) is 0 Å². The number of aliphatic hydroxyl groups excluding tert-OH is 1. The van der Waals surface area contributed by atoms with E-state index in [-0.39, 0.29) is 6.10 Å². The van der Waals surface area contributed by atoms with E-state index in [1.165, 1.54) is 11.8 Å². The normalized spacial score (nSPS) is 20.6. The average molecular weight is 205 g/mol. The third kappa shape index (κ3) is 3.14. The number of halogens is 1. The van der Waals surface area contributed by atoms with Crippen LogP contribution < -0.4 is 0 Å². The molecule has 14 heavy (non-hydrogen) atoms. The van der Waals surface area contributed by atoms with Crippen molar-refractivity contribution in [3.8, 4) is 0 Å². The minimum absolute atomic E-state index is 0.322. The predicted molar refractivity (Wildman–Crippen MR) is 48.7 cm³/mol. The van der Waals surface area contributed by atoms with Gasteiger partial charge in [-0.3, -0.25) is 0 Å². The Morgan fingerprint density at radius 3 is 2.71 bits per heavy atom. The molecule has 1 atom stereocenters. The number of hydrogen-bond donors (Lipinski definition) is 1. The largest absolute Gasteiger partial charge is 0.444 e. The standard InChI is InChI=1S/C9H16FNO3/c1-7(6-10)14-9(13)11-4-2-8(12)3-5-11/h7-8,12H,2-6H2,1H3. The summed E-state index contributed by atoms with van der Waals surface area (Å²) in [6.45, 7) is 1.82. The number of aliphatic hydroxyl groups is 1. The summed E-state index contributed by atoms with van der Waals surface area (Å²) in [6.07, 6.45) is -0.355. The topological polar surface area (TPSA) is 49.8 Å². The molecule has 5 heteroatoms. The quantitative estimate of drug-likeness (QED) is 0.729. The highest BCUT2D eigenvalue weighted by molar-refractivity contribution is 5.67. The molecule has 1 N–H and O–H groups in total. The first-order valence-electron chi connectivity index (χ1n) is 4.83. The van der Waals surface area contributed by atoms with Crippen molar-refractivity contribution in [1.29, 1.82) is 0 Å². The van der Waals surface area contributed by atoms with E-state index in [0.717, 1.165) is 0 Å². The monoisotopic (exact) mass is 205 g/mol. The van der Waals surface area contributed by atoms with Gasteiger partial charge in [-0.15, -0.1) is 0 Å². The summed E-state index contributed by atoms with van der Waals surface area (Å²) in [5.74, 6) is 0. The SMILES string of the molecule is CC(CF)OC(=O)N1CCC(O)CC1. The molecular formula is C9H16FNO3. The fourth-order valence-corrected chi connectivity index (χ4v) is 1.33. The summed E-state index contributed by atoms with van der Waals surface area (Å²) in [5, 5.41) is 9.20. The minimum atomic E-state index is -0.686. The highest BCUT2D eigenvalue weighted by atomic mass is 19.1. The molecule has 0 aliphatic carbocycles. The van der Waals surface area contributed by atoms with Crippen molar-refractivity contribution in [1.82, 2.24) is 4.90 Å². The van der Waals surface area contributed by atoms with E-state index >= 15 is 0 Å². The first-order valence-corrected chi connectivity index (χ1v) is 4.83. The van der Waals surface area contributed by atoms with Gasteiger partial charge in [-0.05, 0) is 19.8 Å². The van der Waals surface area contributed by atoms with Gasteiger partial charge < -0.3 is 14.7 Å². The zero-order chi connectivity index (χ0) is 10.6. The summed E-state index contributed by atoms with van der Waals surface area (Å²) >= 11 is 0. The molecule has 1 heterocycles. The van der Waals surface area contributed by atoms with E-state index in [4.69, 9.17) is 4.74 Å². The number of carbonyl (C=O) groups is 1. The molecule has 0 aromatic carbocycles. The van der Waals surface area contributed by atoms with Crippen molar-refractivity contribution < 1.29 is 19.0 Å². The lowest BCUT2D eigenvalue weighted by atomic mass is 10.1. The number of hydrogen-bond acceptors (Lipinski definition) is 3. The smallest absolute Gasteiger partial charge is 0.410 e. The average Bonchev–Trinajstić information content (AvgIpc) is 2.18. The molecule has 0 saturated carbocycles. The molecule has 1 rings (SSSR count). The predicted octanol–water partition coefficient (Wildman–Crippen LogP) is 0.938. The van der Waals surface area contributed by atoms with Crippen LogP contribution in [0.15, 0.2) is 0 Å². The maximum Gasteiger partial charge on any atom is 0.410 e. The Morgan fingerprint density at radius 2 is 2.21 bits per heavy atom. The summed E-state index contributed by atoms with van der Waals surface area (Å²) in [4.78, 5) is 12.8. The van der Waals surface area contributed by atoms with Crippen molar-refractivity contribution in [2.75, 3.05) is 19.8 Å². The van der Waals surface area contributed by atoms with Gasteiger partial charge >= 0.3 is 6.09 Å². The van der Waals surface area contributed by atoms with Crippen LogP contribution in [0, 0.1) is 0 Å². The van der Waals surface area contributed by atoms with E-state index in [9.17, 15) is 14.3 Å². The van der Waals surface area contributed by atoms with Gasteiger partial charge in [0.1, 0.15) is 12.8 Å². The Balaban J connectivity index is 2.30. The molecule has 0 aromatic rings. The molecular weight excluding hydrogens is 189 g/mol. The van der Waals surface area contributed by atoms with Crippen LogP contribution >= 0.6 is 0 Å². The Morgan fingerprint density at radius 1 is 1.64 bits per heavy atom. The summed E-state index contributed by atoms with van der Waals surface area (Å²) in [5.41, 5.74) is 0. The lowest BCUT2D eigenvalue weighted by molar-refractivity contribution is 0.0352. The zero-order valence-corrected chi connectivity index (χ0v) is 8.28. The van der Waals surface area contributed by atoms with Gasteiger partial charge in [0.05, 0.1) is 6.10 Å². The second-order valence-electron chi connectivity index (χ2n) is 3.57. The molecule has 1 amide bonds. The molecule has 82 valence electrons. The Hall–Kier alpha value is -0.840. The second-order valence-corrected chi connectivity index (χ2v) is 3.57. The second kappa shape index (κ2) is 5.14. The molecule has 0 aromatic heterocycles. The van der Waals surface area contributed by atoms with Gasteiger partial charge in [-0.2, -0.15) is 0 Å². The molecule has 1 fully saturated rings. The van der Waals surface area contributed by atoms with Crippen molar-refractivity contribution >= 4 is 6.09 Å². The number of carbonyl (C=O) groups excluding carboxylic acids is 1. The number of nitrogens with zero attached hydrogens (tertiary/aromatic N) is 1. The molecule has 1 aliphatic heterocycles. The van der Waals surface area contributed by atoms with Crippen molar-refractivity contribution in [2.24, 2.45) is 0 Å². The fourth-order valence-electron chi connectivity index (χ4n) is 1.33. The molecule has 0 radical (unpaired) electrons. The highest BCUT2D eigenvalue weighted by Crippen LogP contribution is 2.11. The van der Waals surface area contributed by atoms with Crippen LogP contribution in [0.5, 0.6) is 0 Å². The van der Waals surface area contributed by atoms with E-state index in [0.29, 0.717) is 25.9 Å². The third-order valence-electron chi connectivity index (χ3n) is 2.24. The maximum absolute atomic E-state index is 12.0. The molecule has 0 bridgehead atoms. The summed E-state index contributed by atoms with van der Waals surface area (Å²) < 4.78 is 16.8. The van der Waals surface area contributed by atoms with Gasteiger partial charge in [0, 0.05) is 13.1 Å². The van der Waals surface area contributed by atoms with Crippen molar-refractivity contribution in [2.45, 2.75) is 32.0 Å². The van der Waals surface area contributed by atoms with Crippen LogP contribution in [0.1, 0.15) is 19.8 Å². The van der Waals surface area contributed by atoms with Gasteiger partial charge in [-0.1, -0.05) is 0 Å². The van der Waals surface area contributed by atoms with Crippen LogP contribution in [0.4, 0.5) is 9.18 Å². The van der Waals surface area contributed by atoms with Crippen LogP contribution in [0.3, 0.4) is 0 Å². The molecule has 1 saturated heterocycles. The van der Waals surface area contributed by atoms with Crippen LogP contribution in [0.2, 0.25) is 0 Å². The minimum Gasteiger partial charge on any atom is -0.444 e. The highest BCUT2D eigenvalue weighted by Gasteiger charge is 2.23. The number of rotatable bonds is 2. The number of likely N-dealkylation sites (tertiary alicyclic amines) is 1. The Labute approximate surface area is 82.6 Å². The maximum atomic E-state index is 12.0. The zero-order valence-electron chi connectivity index (χ0n) is 8.28. The van der Waals surface area contributed by atoms with Crippen molar-refractivity contribution in [3.05, 3.63) is 0 Å². The van der Waals surface area contributed by atoms with E-state index in [1.807, 2.05) is 0 Å². The van der Waals surface area contributed by atoms with E-state index in [1.54, 1.807) is 0 Å². The number of ether oxygens (including phenoxy) is 1. The first-order chi connectivity index (χ1) is 6.63. The number of alkyl halides is 1. The van der Waals surface area contributed by atoms with Gasteiger partial charge in [0.15, 0.2) is 0 Å². The lowest BCUT2D eigenvalue weighted by Gasteiger charge is -2.29. The lowest BCUT2D eigenvalue weighted by Crippen LogP contribution is -2.41. The fraction of sp³-hybridized carbons (Fsp3) is 0.889. The van der Waals surface area contributed by atoms with Crippen molar-refractivity contribution in [3.63, 3.8) is 0 Å². The Kier molecular flexibility index (Phi) is 4.13. The number of piperidine rings is 1.